The number of hydrogen-bond acceptors (Lipinski definition) is 1. The van der Waals surface area contributed by atoms with Gasteiger partial charge in [-0.2, -0.15) is 0 Å². The summed E-state index contributed by atoms with van der Waals surface area (Å²) >= 11 is 0. The van der Waals surface area contributed by atoms with Crippen molar-refractivity contribution < 1.29 is 4.57 Å². The van der Waals surface area contributed by atoms with Gasteiger partial charge in [-0.3, -0.25) is 0 Å². The highest BCUT2D eigenvalue weighted by atomic mass is 31.1. The number of unbranched alkanes of at least 4 members (excludes halogenated alkanes) is 1. The molecule has 16 heavy (non-hydrogen) atoms. The van der Waals surface area contributed by atoms with Crippen molar-refractivity contribution in [2.75, 3.05) is 6.16 Å². The van der Waals surface area contributed by atoms with E-state index >= 15 is 0 Å². The van der Waals surface area contributed by atoms with Crippen molar-refractivity contribution in [2.24, 2.45) is 5.92 Å². The van der Waals surface area contributed by atoms with Gasteiger partial charge in [0.25, 0.3) is 0 Å². The molecule has 1 nitrogen and oxygen atoms in total. The van der Waals surface area contributed by atoms with Gasteiger partial charge in [0.1, 0.15) is 0 Å². The zero-order valence-electron chi connectivity index (χ0n) is 10.4. The zero-order chi connectivity index (χ0) is 11.8. The largest absolute Gasteiger partial charge is 0.377 e. The summed E-state index contributed by atoms with van der Waals surface area (Å²) < 4.78 is 12.1. The first-order chi connectivity index (χ1) is 7.77. The van der Waals surface area contributed by atoms with Gasteiger partial charge in [-0.1, -0.05) is 49.5 Å². The van der Waals surface area contributed by atoms with Crippen LogP contribution < -0.4 is 5.30 Å². The highest BCUT2D eigenvalue weighted by Gasteiger charge is 2.23. The predicted molar refractivity (Wildman–Crippen MR) is 71.9 cm³/mol. The maximum atomic E-state index is 12.1. The Balaban J connectivity index is 2.49. The molecule has 0 saturated carbocycles. The van der Waals surface area contributed by atoms with Gasteiger partial charge < -0.3 is 0 Å². The smallest absolute Gasteiger partial charge is 0.0681 e. The monoisotopic (exact) mass is 237 g/mol. The van der Waals surface area contributed by atoms with Crippen LogP contribution in [0.15, 0.2) is 30.3 Å². The second-order valence-corrected chi connectivity index (χ2v) is 5.95. The minimum atomic E-state index is -1.19. The van der Waals surface area contributed by atoms with Crippen LogP contribution >= 0.6 is 7.80 Å². The molecule has 2 atom stereocenters. The van der Waals surface area contributed by atoms with Gasteiger partial charge in [-0.15, -0.1) is 0 Å². The summed E-state index contributed by atoms with van der Waals surface area (Å²) in [5.41, 5.74) is 0. The normalized spacial score (nSPS) is 13.5. The van der Waals surface area contributed by atoms with Gasteiger partial charge in [0.15, 0.2) is 11.5 Å². The second kappa shape index (κ2) is 7.57. The second-order valence-electron chi connectivity index (χ2n) is 4.31. The van der Waals surface area contributed by atoms with E-state index in [2.05, 4.69) is 13.8 Å². The molecule has 1 rings (SSSR count). The summed E-state index contributed by atoms with van der Waals surface area (Å²) in [5.74, 6) is 0.628. The van der Waals surface area contributed by atoms with Crippen LogP contribution in [0.4, 0.5) is 0 Å². The SMILES string of the molecule is CCCCC(CC)C[P+](=O)c1ccccc1. The Kier molecular flexibility index (Phi) is 6.33. The van der Waals surface area contributed by atoms with E-state index in [9.17, 15) is 4.57 Å². The van der Waals surface area contributed by atoms with Gasteiger partial charge in [-0.05, 0) is 25.0 Å². The van der Waals surface area contributed by atoms with E-state index in [1.54, 1.807) is 0 Å². The van der Waals surface area contributed by atoms with Crippen molar-refractivity contribution in [2.45, 2.75) is 39.5 Å². The number of benzene rings is 1. The van der Waals surface area contributed by atoms with Crippen LogP contribution in [-0.2, 0) is 4.57 Å². The Morgan fingerprint density at radius 3 is 2.44 bits per heavy atom. The predicted octanol–water partition coefficient (Wildman–Crippen LogP) is 4.36. The first-order valence-corrected chi connectivity index (χ1v) is 7.72. The molecular weight excluding hydrogens is 215 g/mol. The summed E-state index contributed by atoms with van der Waals surface area (Å²) in [7, 11) is -1.19. The third-order valence-electron chi connectivity index (χ3n) is 3.01. The van der Waals surface area contributed by atoms with E-state index in [0.717, 1.165) is 17.9 Å². The molecule has 0 bridgehead atoms. The molecule has 88 valence electrons. The Hall–Kier alpha value is -0.680. The van der Waals surface area contributed by atoms with Crippen LogP contribution in [-0.4, -0.2) is 6.16 Å². The molecule has 1 aromatic rings. The number of rotatable bonds is 7. The Labute approximate surface area is 100 Å². The zero-order valence-corrected chi connectivity index (χ0v) is 11.2. The molecule has 1 aromatic carbocycles. The average Bonchev–Trinajstić information content (AvgIpc) is 2.35. The quantitative estimate of drug-likeness (QED) is 0.644. The van der Waals surface area contributed by atoms with Crippen molar-refractivity contribution in [1.29, 1.82) is 0 Å². The maximum Gasteiger partial charge on any atom is 0.377 e. The molecule has 0 aliphatic rings. The van der Waals surface area contributed by atoms with Crippen LogP contribution in [0.25, 0.3) is 0 Å². The van der Waals surface area contributed by atoms with Crippen molar-refractivity contribution in [1.82, 2.24) is 0 Å². The van der Waals surface area contributed by atoms with Gasteiger partial charge in [0, 0.05) is 5.92 Å². The highest BCUT2D eigenvalue weighted by Crippen LogP contribution is 2.27. The molecule has 2 unspecified atom stereocenters. The molecule has 0 spiro atoms. The number of hydrogen-bond donors (Lipinski definition) is 0. The molecule has 0 aliphatic carbocycles. The summed E-state index contributed by atoms with van der Waals surface area (Å²) in [6.07, 6.45) is 5.72. The van der Waals surface area contributed by atoms with Crippen LogP contribution in [0, 0.1) is 5.92 Å². The van der Waals surface area contributed by atoms with E-state index in [0.29, 0.717) is 5.92 Å². The molecular formula is C14H22OP+. The van der Waals surface area contributed by atoms with Gasteiger partial charge in [0.05, 0.1) is 0 Å². The summed E-state index contributed by atoms with van der Waals surface area (Å²) in [6, 6.07) is 9.86. The van der Waals surface area contributed by atoms with Gasteiger partial charge in [0.2, 0.25) is 0 Å². The fraction of sp³-hybridized carbons (Fsp3) is 0.571. The van der Waals surface area contributed by atoms with Gasteiger partial charge >= 0.3 is 7.80 Å². The fourth-order valence-electron chi connectivity index (χ4n) is 1.85. The lowest BCUT2D eigenvalue weighted by Gasteiger charge is -2.07. The van der Waals surface area contributed by atoms with E-state index in [1.807, 2.05) is 30.3 Å². The molecule has 0 fully saturated rings. The first-order valence-electron chi connectivity index (χ1n) is 6.27. The molecule has 0 N–H and O–H groups in total. The van der Waals surface area contributed by atoms with Crippen molar-refractivity contribution in [3.05, 3.63) is 30.3 Å². The highest BCUT2D eigenvalue weighted by molar-refractivity contribution is 7.53. The lowest BCUT2D eigenvalue weighted by atomic mass is 10.0. The first kappa shape index (κ1) is 13.4. The molecule has 0 heterocycles. The Morgan fingerprint density at radius 1 is 1.19 bits per heavy atom. The maximum absolute atomic E-state index is 12.1. The third kappa shape index (κ3) is 4.45. The lowest BCUT2D eigenvalue weighted by molar-refractivity contribution is 0.489. The minimum absolute atomic E-state index is 0.628. The lowest BCUT2D eigenvalue weighted by Crippen LogP contribution is -2.06. The molecule has 2 heteroatoms. The van der Waals surface area contributed by atoms with E-state index in [1.165, 1.54) is 19.3 Å². The average molecular weight is 237 g/mol. The summed E-state index contributed by atoms with van der Waals surface area (Å²) in [4.78, 5) is 0. The van der Waals surface area contributed by atoms with Gasteiger partial charge in [-0.25, -0.2) is 0 Å². The summed E-state index contributed by atoms with van der Waals surface area (Å²) in [6.45, 7) is 4.42. The van der Waals surface area contributed by atoms with E-state index < -0.39 is 7.80 Å². The summed E-state index contributed by atoms with van der Waals surface area (Å²) in [5, 5.41) is 1.01. The van der Waals surface area contributed by atoms with Crippen LogP contribution in [0.1, 0.15) is 39.5 Å². The molecule has 0 aliphatic heterocycles. The Bertz CT molecular complexity index is 308. The van der Waals surface area contributed by atoms with Crippen LogP contribution in [0.2, 0.25) is 0 Å². The Morgan fingerprint density at radius 2 is 1.88 bits per heavy atom. The van der Waals surface area contributed by atoms with Crippen LogP contribution in [0.5, 0.6) is 0 Å². The molecule has 0 radical (unpaired) electrons. The minimum Gasteiger partial charge on any atom is -0.0681 e. The molecule has 0 aromatic heterocycles. The van der Waals surface area contributed by atoms with Crippen molar-refractivity contribution >= 4 is 13.1 Å². The van der Waals surface area contributed by atoms with Crippen LogP contribution in [0.3, 0.4) is 0 Å². The van der Waals surface area contributed by atoms with E-state index in [-0.39, 0.29) is 0 Å². The molecule has 0 saturated heterocycles. The molecule has 0 amide bonds. The third-order valence-corrected chi connectivity index (χ3v) is 4.73. The standard InChI is InChI=1S/C14H22OP/c1-3-5-9-13(4-2)12-16(15)14-10-7-6-8-11-14/h6-8,10-11,13H,3-5,9,12H2,1-2H3/q+1. The van der Waals surface area contributed by atoms with Crippen molar-refractivity contribution in [3.8, 4) is 0 Å². The fourth-order valence-corrected chi connectivity index (χ4v) is 3.48. The topological polar surface area (TPSA) is 17.1 Å². The van der Waals surface area contributed by atoms with E-state index in [4.69, 9.17) is 0 Å². The van der Waals surface area contributed by atoms with Crippen molar-refractivity contribution in [3.63, 3.8) is 0 Å².